The Morgan fingerprint density at radius 2 is 1.48 bits per heavy atom. The van der Waals surface area contributed by atoms with Gasteiger partial charge in [-0.3, -0.25) is 9.59 Å². The van der Waals surface area contributed by atoms with Crippen molar-refractivity contribution in [1.82, 2.24) is 0 Å². The summed E-state index contributed by atoms with van der Waals surface area (Å²) in [6.07, 6.45) is 0.719. The van der Waals surface area contributed by atoms with Crippen LogP contribution < -0.4 is 10.5 Å². The Hall–Kier alpha value is -2.66. The summed E-state index contributed by atoms with van der Waals surface area (Å²) in [5, 5.41) is 0. The first-order valence-electron chi connectivity index (χ1n) is 9.11. The van der Waals surface area contributed by atoms with Crippen LogP contribution in [0.3, 0.4) is 0 Å². The number of esters is 1. The molecular weight excluding hydrogens is 342 g/mol. The van der Waals surface area contributed by atoms with E-state index >= 15 is 0 Å². The van der Waals surface area contributed by atoms with Gasteiger partial charge in [0.25, 0.3) is 0 Å². The van der Waals surface area contributed by atoms with Crippen LogP contribution in [0.4, 0.5) is 0 Å². The highest BCUT2D eigenvalue weighted by Crippen LogP contribution is 2.21. The molecular formula is C22H27NO4. The number of hydrogen-bond acceptors (Lipinski definition) is 5. The van der Waals surface area contributed by atoms with Gasteiger partial charge in [-0.15, -0.1) is 0 Å². The van der Waals surface area contributed by atoms with Crippen molar-refractivity contribution in [3.63, 3.8) is 0 Å². The summed E-state index contributed by atoms with van der Waals surface area (Å²) < 4.78 is 10.8. The Labute approximate surface area is 160 Å². The first-order valence-corrected chi connectivity index (χ1v) is 9.11. The lowest BCUT2D eigenvalue weighted by atomic mass is 9.91. The molecule has 0 aromatic heterocycles. The maximum Gasteiger partial charge on any atom is 0.311 e. The highest BCUT2D eigenvalue weighted by Gasteiger charge is 2.26. The molecule has 0 radical (unpaired) electrons. The van der Waals surface area contributed by atoms with E-state index < -0.39 is 5.41 Å². The van der Waals surface area contributed by atoms with Crippen LogP contribution in [0.2, 0.25) is 0 Å². The molecule has 144 valence electrons. The maximum absolute atomic E-state index is 12.5. The summed E-state index contributed by atoms with van der Waals surface area (Å²) in [7, 11) is 0. The van der Waals surface area contributed by atoms with Gasteiger partial charge in [-0.1, -0.05) is 31.2 Å². The summed E-state index contributed by atoms with van der Waals surface area (Å²) in [6.45, 7) is 6.57. The van der Waals surface area contributed by atoms with Crippen LogP contribution in [0.25, 0.3) is 0 Å². The number of ketones is 1. The van der Waals surface area contributed by atoms with Gasteiger partial charge in [-0.05, 0) is 50.1 Å². The molecule has 5 heteroatoms. The van der Waals surface area contributed by atoms with Gasteiger partial charge >= 0.3 is 5.97 Å². The predicted molar refractivity (Wildman–Crippen MR) is 105 cm³/mol. The molecule has 0 atom stereocenters. The van der Waals surface area contributed by atoms with Crippen molar-refractivity contribution in [3.8, 4) is 5.75 Å². The van der Waals surface area contributed by atoms with Crippen molar-refractivity contribution in [2.24, 2.45) is 11.1 Å². The van der Waals surface area contributed by atoms with Gasteiger partial charge in [-0.25, -0.2) is 0 Å². The van der Waals surface area contributed by atoms with Gasteiger partial charge < -0.3 is 15.2 Å². The zero-order chi connectivity index (χ0) is 19.9. The Kier molecular flexibility index (Phi) is 7.13. The fraction of sp³-hybridized carbons (Fsp3) is 0.364. The zero-order valence-electron chi connectivity index (χ0n) is 16.2. The van der Waals surface area contributed by atoms with E-state index in [1.165, 1.54) is 0 Å². The van der Waals surface area contributed by atoms with Crippen LogP contribution in [-0.4, -0.2) is 25.0 Å². The average Bonchev–Trinajstić information content (AvgIpc) is 2.71. The van der Waals surface area contributed by atoms with Crippen LogP contribution in [0.5, 0.6) is 5.75 Å². The number of hydrogen-bond donors (Lipinski definition) is 1. The summed E-state index contributed by atoms with van der Waals surface area (Å²) in [4.78, 5) is 24.4. The molecule has 0 saturated heterocycles. The minimum atomic E-state index is -0.482. The third-order valence-corrected chi connectivity index (χ3v) is 4.59. The lowest BCUT2D eigenvalue weighted by Gasteiger charge is -2.20. The number of benzene rings is 2. The first-order chi connectivity index (χ1) is 12.9. The summed E-state index contributed by atoms with van der Waals surface area (Å²) in [6, 6.07) is 14.2. The van der Waals surface area contributed by atoms with E-state index in [4.69, 9.17) is 15.2 Å². The van der Waals surface area contributed by atoms with Crippen molar-refractivity contribution in [3.05, 3.63) is 65.2 Å². The predicted octanol–water partition coefficient (Wildman–Crippen LogP) is 3.73. The molecule has 0 heterocycles. The summed E-state index contributed by atoms with van der Waals surface area (Å²) in [5.74, 6) is 0.340. The fourth-order valence-corrected chi connectivity index (χ4v) is 2.29. The minimum Gasteiger partial charge on any atom is -0.490 e. The molecule has 0 unspecified atom stereocenters. The molecule has 0 fully saturated rings. The topological polar surface area (TPSA) is 78.6 Å². The minimum absolute atomic E-state index is 0.0548. The largest absolute Gasteiger partial charge is 0.490 e. The SMILES string of the molecule is CCC(C)(C)C(=O)OCCOc1ccc(C(=O)c2ccc(CN)cc2)cc1. The first kappa shape index (κ1) is 20.6. The molecule has 2 aromatic carbocycles. The van der Waals surface area contributed by atoms with Crippen molar-refractivity contribution in [1.29, 1.82) is 0 Å². The molecule has 0 aliphatic carbocycles. The summed E-state index contributed by atoms with van der Waals surface area (Å²) >= 11 is 0. The average molecular weight is 369 g/mol. The monoisotopic (exact) mass is 369 g/mol. The van der Waals surface area contributed by atoms with Gasteiger partial charge in [0.15, 0.2) is 5.78 Å². The standard InChI is InChI=1S/C22H27NO4/c1-4-22(2,3)21(25)27-14-13-26-19-11-9-18(10-12-19)20(24)17-7-5-16(15-23)6-8-17/h5-12H,4,13-15,23H2,1-3H3. The van der Waals surface area contributed by atoms with Crippen LogP contribution in [0.15, 0.2) is 48.5 Å². The molecule has 27 heavy (non-hydrogen) atoms. The van der Waals surface area contributed by atoms with Crippen molar-refractivity contribution >= 4 is 11.8 Å². The third-order valence-electron chi connectivity index (χ3n) is 4.59. The second kappa shape index (κ2) is 9.33. The second-order valence-electron chi connectivity index (χ2n) is 6.98. The van der Waals surface area contributed by atoms with E-state index in [0.717, 1.165) is 12.0 Å². The molecule has 0 aliphatic heterocycles. The van der Waals surface area contributed by atoms with Crippen LogP contribution in [0, 0.1) is 5.41 Å². The Morgan fingerprint density at radius 1 is 0.926 bits per heavy atom. The second-order valence-corrected chi connectivity index (χ2v) is 6.98. The number of ether oxygens (including phenoxy) is 2. The molecule has 0 bridgehead atoms. The van der Waals surface area contributed by atoms with Crippen LogP contribution in [-0.2, 0) is 16.1 Å². The molecule has 0 spiro atoms. The van der Waals surface area contributed by atoms with E-state index in [2.05, 4.69) is 0 Å². The molecule has 0 saturated carbocycles. The van der Waals surface area contributed by atoms with Gasteiger partial charge in [0.05, 0.1) is 5.41 Å². The molecule has 2 rings (SSSR count). The normalized spacial score (nSPS) is 11.1. The maximum atomic E-state index is 12.5. The fourth-order valence-electron chi connectivity index (χ4n) is 2.29. The lowest BCUT2D eigenvalue weighted by molar-refractivity contribution is -0.154. The van der Waals surface area contributed by atoms with Crippen molar-refractivity contribution in [2.75, 3.05) is 13.2 Å². The van der Waals surface area contributed by atoms with Crippen molar-refractivity contribution < 1.29 is 19.1 Å². The van der Waals surface area contributed by atoms with E-state index in [0.29, 0.717) is 23.4 Å². The molecule has 0 amide bonds. The Bertz CT molecular complexity index is 764. The van der Waals surface area contributed by atoms with Gasteiger partial charge in [0, 0.05) is 17.7 Å². The van der Waals surface area contributed by atoms with Gasteiger partial charge in [0.2, 0.25) is 0 Å². The van der Waals surface area contributed by atoms with Crippen molar-refractivity contribution in [2.45, 2.75) is 33.7 Å². The Balaban J connectivity index is 1.86. The van der Waals surface area contributed by atoms with E-state index in [9.17, 15) is 9.59 Å². The quantitative estimate of drug-likeness (QED) is 0.414. The van der Waals surface area contributed by atoms with Gasteiger partial charge in [-0.2, -0.15) is 0 Å². The number of rotatable bonds is 9. The van der Waals surface area contributed by atoms with E-state index in [-0.39, 0.29) is 25.0 Å². The van der Waals surface area contributed by atoms with Crippen LogP contribution >= 0.6 is 0 Å². The molecule has 2 N–H and O–H groups in total. The summed E-state index contributed by atoms with van der Waals surface area (Å²) in [5.41, 5.74) is 7.27. The van der Waals surface area contributed by atoms with E-state index in [1.54, 1.807) is 36.4 Å². The third kappa shape index (κ3) is 5.66. The highest BCUT2D eigenvalue weighted by atomic mass is 16.6. The van der Waals surface area contributed by atoms with Gasteiger partial charge in [0.1, 0.15) is 19.0 Å². The highest BCUT2D eigenvalue weighted by molar-refractivity contribution is 6.09. The molecule has 0 aliphatic rings. The number of nitrogens with two attached hydrogens (primary N) is 1. The smallest absolute Gasteiger partial charge is 0.311 e. The molecule has 5 nitrogen and oxygen atoms in total. The number of carbonyl (C=O) groups excluding carboxylic acids is 2. The molecule has 2 aromatic rings. The Morgan fingerprint density at radius 3 is 2.00 bits per heavy atom. The number of carbonyl (C=O) groups is 2. The van der Waals surface area contributed by atoms with Crippen LogP contribution in [0.1, 0.15) is 48.7 Å². The lowest BCUT2D eigenvalue weighted by Crippen LogP contribution is -2.27. The zero-order valence-corrected chi connectivity index (χ0v) is 16.2. The van der Waals surface area contributed by atoms with E-state index in [1.807, 2.05) is 32.9 Å².